The van der Waals surface area contributed by atoms with Crippen molar-refractivity contribution < 1.29 is 4.79 Å². The number of hydrogen-bond acceptors (Lipinski definition) is 3. The molecule has 1 aromatic rings. The van der Waals surface area contributed by atoms with E-state index in [1.54, 1.807) is 13.0 Å². The molecular weight excluding hydrogens is 180 g/mol. The summed E-state index contributed by atoms with van der Waals surface area (Å²) in [6.07, 6.45) is 0. The highest BCUT2D eigenvalue weighted by molar-refractivity contribution is 5.93. The van der Waals surface area contributed by atoms with E-state index in [0.717, 1.165) is 0 Å². The second-order valence-electron chi connectivity index (χ2n) is 2.99. The van der Waals surface area contributed by atoms with Gasteiger partial charge in [0.05, 0.1) is 11.6 Å². The number of ketones is 1. The van der Waals surface area contributed by atoms with Gasteiger partial charge in [-0.2, -0.15) is 5.26 Å². The van der Waals surface area contributed by atoms with Crippen molar-refractivity contribution in [3.05, 3.63) is 33.7 Å². The van der Waals surface area contributed by atoms with Crippen LogP contribution in [0.15, 0.2) is 16.9 Å². The Kier molecular flexibility index (Phi) is 2.82. The summed E-state index contributed by atoms with van der Waals surface area (Å²) in [6, 6.07) is 5.04. The second-order valence-corrected chi connectivity index (χ2v) is 2.99. The quantitative estimate of drug-likeness (QED) is 0.650. The third-order valence-electron chi connectivity index (χ3n) is 2.00. The highest BCUT2D eigenvalue weighted by atomic mass is 16.1. The third-order valence-corrected chi connectivity index (χ3v) is 2.00. The maximum absolute atomic E-state index is 11.6. The number of nitrogens with zero attached hydrogens (tertiary/aromatic N) is 2. The van der Waals surface area contributed by atoms with Crippen molar-refractivity contribution in [2.45, 2.75) is 20.4 Å². The average molecular weight is 190 g/mol. The van der Waals surface area contributed by atoms with Crippen molar-refractivity contribution in [2.24, 2.45) is 0 Å². The highest BCUT2D eigenvalue weighted by Crippen LogP contribution is 1.98. The van der Waals surface area contributed by atoms with Crippen LogP contribution in [0, 0.1) is 18.3 Å². The van der Waals surface area contributed by atoms with Crippen molar-refractivity contribution in [1.29, 1.82) is 5.26 Å². The Hall–Kier alpha value is -1.89. The molecule has 0 radical (unpaired) electrons. The summed E-state index contributed by atoms with van der Waals surface area (Å²) in [5.74, 6) is -0.276. The van der Waals surface area contributed by atoms with Gasteiger partial charge < -0.3 is 0 Å². The van der Waals surface area contributed by atoms with Crippen LogP contribution >= 0.6 is 0 Å². The average Bonchev–Trinajstić information content (AvgIpc) is 2.11. The maximum Gasteiger partial charge on any atom is 0.262 e. The van der Waals surface area contributed by atoms with Gasteiger partial charge in [-0.15, -0.1) is 0 Å². The van der Waals surface area contributed by atoms with Crippen molar-refractivity contribution in [3.63, 3.8) is 0 Å². The van der Waals surface area contributed by atoms with Crippen LogP contribution in [0.1, 0.15) is 23.0 Å². The maximum atomic E-state index is 11.6. The number of aromatic nitrogens is 1. The Bertz CT molecular complexity index is 466. The van der Waals surface area contributed by atoms with Crippen molar-refractivity contribution in [2.75, 3.05) is 0 Å². The zero-order valence-corrected chi connectivity index (χ0v) is 8.07. The van der Waals surface area contributed by atoms with Crippen molar-refractivity contribution >= 4 is 5.78 Å². The topological polar surface area (TPSA) is 62.9 Å². The van der Waals surface area contributed by atoms with Gasteiger partial charge in [0.2, 0.25) is 0 Å². The summed E-state index contributed by atoms with van der Waals surface area (Å²) >= 11 is 0. The van der Waals surface area contributed by atoms with E-state index < -0.39 is 0 Å². The van der Waals surface area contributed by atoms with E-state index >= 15 is 0 Å². The number of pyridine rings is 1. The van der Waals surface area contributed by atoms with E-state index in [0.29, 0.717) is 5.69 Å². The number of rotatable bonds is 2. The predicted molar refractivity (Wildman–Crippen MR) is 51.1 cm³/mol. The lowest BCUT2D eigenvalue weighted by Gasteiger charge is -2.06. The van der Waals surface area contributed by atoms with Crippen molar-refractivity contribution in [1.82, 2.24) is 4.57 Å². The van der Waals surface area contributed by atoms with Crippen LogP contribution in [-0.4, -0.2) is 10.4 Å². The number of Topliss-reactive ketones (excluding diaryl/α,β-unsaturated/α-hetero) is 1. The fourth-order valence-electron chi connectivity index (χ4n) is 1.21. The van der Waals surface area contributed by atoms with Gasteiger partial charge in [0.25, 0.3) is 5.56 Å². The molecule has 0 saturated heterocycles. The molecule has 0 atom stereocenters. The first kappa shape index (κ1) is 10.2. The minimum absolute atomic E-state index is 0.0220. The summed E-state index contributed by atoms with van der Waals surface area (Å²) in [5.41, 5.74) is 0.423. The molecule has 0 amide bonds. The molecule has 0 saturated carbocycles. The summed E-state index contributed by atoms with van der Waals surface area (Å²) < 4.78 is 1.29. The first-order chi connectivity index (χ1) is 6.57. The Labute approximate surface area is 81.4 Å². The Balaban J connectivity index is 3.43. The molecule has 14 heavy (non-hydrogen) atoms. The molecule has 0 unspecified atom stereocenters. The van der Waals surface area contributed by atoms with Crippen LogP contribution in [0.3, 0.4) is 0 Å². The van der Waals surface area contributed by atoms with Crippen molar-refractivity contribution in [3.8, 4) is 6.07 Å². The standard InChI is InChI=1S/C10H10N2O2/c1-7-3-4-9(8(2)13)10(14)12(7)6-5-11/h3-4H,6H2,1-2H3. The molecule has 0 aliphatic rings. The molecule has 4 nitrogen and oxygen atoms in total. The largest absolute Gasteiger partial charge is 0.299 e. The zero-order valence-electron chi connectivity index (χ0n) is 8.07. The number of carbonyl (C=O) groups is 1. The summed E-state index contributed by atoms with van der Waals surface area (Å²) in [6.45, 7) is 3.04. The van der Waals surface area contributed by atoms with Gasteiger partial charge in [0, 0.05) is 5.69 Å². The normalized spacial score (nSPS) is 9.50. The molecule has 0 aliphatic heterocycles. The monoisotopic (exact) mass is 190 g/mol. The number of carbonyl (C=O) groups excluding carboxylic acids is 1. The van der Waals surface area contributed by atoms with E-state index in [-0.39, 0.29) is 23.5 Å². The molecule has 0 bridgehead atoms. The van der Waals surface area contributed by atoms with Gasteiger partial charge >= 0.3 is 0 Å². The van der Waals surface area contributed by atoms with Gasteiger partial charge in [0.15, 0.2) is 5.78 Å². The first-order valence-electron chi connectivity index (χ1n) is 4.16. The molecule has 0 spiro atoms. The van der Waals surface area contributed by atoms with E-state index in [1.807, 2.05) is 6.07 Å². The minimum Gasteiger partial charge on any atom is -0.299 e. The van der Waals surface area contributed by atoms with Crippen LogP contribution in [0.4, 0.5) is 0 Å². The van der Waals surface area contributed by atoms with Gasteiger partial charge in [-0.1, -0.05) is 0 Å². The Morgan fingerprint density at radius 1 is 1.57 bits per heavy atom. The predicted octanol–water partition coefficient (Wildman–Crippen LogP) is 0.883. The van der Waals surface area contributed by atoms with Gasteiger partial charge in [-0.3, -0.25) is 14.2 Å². The SMILES string of the molecule is CC(=O)c1ccc(C)n(CC#N)c1=O. The van der Waals surface area contributed by atoms with E-state index in [9.17, 15) is 9.59 Å². The highest BCUT2D eigenvalue weighted by Gasteiger charge is 2.08. The Morgan fingerprint density at radius 3 is 2.71 bits per heavy atom. The van der Waals surface area contributed by atoms with Gasteiger partial charge in [-0.05, 0) is 26.0 Å². The molecule has 0 aliphatic carbocycles. The fourth-order valence-corrected chi connectivity index (χ4v) is 1.21. The molecule has 72 valence electrons. The summed E-state index contributed by atoms with van der Waals surface area (Å²) in [7, 11) is 0. The molecule has 0 fully saturated rings. The van der Waals surface area contributed by atoms with Crippen LogP contribution < -0.4 is 5.56 Å². The van der Waals surface area contributed by atoms with Crippen LogP contribution in [-0.2, 0) is 6.54 Å². The zero-order chi connectivity index (χ0) is 10.7. The van der Waals surface area contributed by atoms with E-state index in [4.69, 9.17) is 5.26 Å². The molecule has 1 rings (SSSR count). The summed E-state index contributed by atoms with van der Waals surface area (Å²) in [4.78, 5) is 22.6. The van der Waals surface area contributed by atoms with E-state index in [2.05, 4.69) is 0 Å². The lowest BCUT2D eigenvalue weighted by atomic mass is 10.2. The molecule has 1 heterocycles. The molecular formula is C10H10N2O2. The third kappa shape index (κ3) is 1.72. The molecule has 4 heteroatoms. The van der Waals surface area contributed by atoms with Gasteiger partial charge in [0.1, 0.15) is 6.54 Å². The number of hydrogen-bond donors (Lipinski definition) is 0. The van der Waals surface area contributed by atoms with E-state index in [1.165, 1.54) is 17.6 Å². The molecule has 1 aromatic heterocycles. The lowest BCUT2D eigenvalue weighted by Crippen LogP contribution is -2.26. The first-order valence-corrected chi connectivity index (χ1v) is 4.16. The number of nitriles is 1. The van der Waals surface area contributed by atoms with Gasteiger partial charge in [-0.25, -0.2) is 0 Å². The number of aryl methyl sites for hydroxylation is 1. The van der Waals surface area contributed by atoms with Crippen LogP contribution in [0.25, 0.3) is 0 Å². The molecule has 0 aromatic carbocycles. The van der Waals surface area contributed by atoms with Crippen LogP contribution in [0.2, 0.25) is 0 Å². The minimum atomic E-state index is -0.390. The smallest absolute Gasteiger partial charge is 0.262 e. The Morgan fingerprint density at radius 2 is 2.21 bits per heavy atom. The lowest BCUT2D eigenvalue weighted by molar-refractivity contribution is 0.101. The second kappa shape index (κ2) is 3.88. The molecule has 0 N–H and O–H groups in total. The summed E-state index contributed by atoms with van der Waals surface area (Å²) in [5, 5.41) is 8.50. The fraction of sp³-hybridized carbons (Fsp3) is 0.300. The van der Waals surface area contributed by atoms with Crippen LogP contribution in [0.5, 0.6) is 0 Å².